The fourth-order valence-electron chi connectivity index (χ4n) is 0.918. The van der Waals surface area contributed by atoms with Gasteiger partial charge in [-0.2, -0.15) is 0 Å². The summed E-state index contributed by atoms with van der Waals surface area (Å²) in [6.07, 6.45) is -0.926. The molecule has 70 valence electrons. The van der Waals surface area contributed by atoms with Crippen LogP contribution < -0.4 is 0 Å². The number of Topliss-reactive ketones (excluding diaryl/α,β-unsaturated/α-hetero) is 1. The maximum atomic E-state index is 10.6. The van der Waals surface area contributed by atoms with Crippen LogP contribution in [0, 0.1) is 10.1 Å². The second kappa shape index (κ2) is 4.82. The molecule has 0 aliphatic rings. The van der Waals surface area contributed by atoms with Crippen molar-refractivity contribution >= 4 is 5.78 Å². The van der Waals surface area contributed by atoms with Crippen LogP contribution in [0.1, 0.15) is 26.7 Å². The molecule has 0 aromatic carbocycles. The minimum absolute atomic E-state index is 0.192. The molecule has 0 heterocycles. The highest BCUT2D eigenvalue weighted by Crippen LogP contribution is 2.07. The molecule has 2 atom stereocenters. The molecule has 0 spiro atoms. The number of hydrogen-bond acceptors (Lipinski definition) is 4. The van der Waals surface area contributed by atoms with Crippen molar-refractivity contribution in [3.8, 4) is 0 Å². The van der Waals surface area contributed by atoms with Crippen molar-refractivity contribution in [2.45, 2.75) is 38.8 Å². The fourth-order valence-corrected chi connectivity index (χ4v) is 0.918. The minimum Gasteiger partial charge on any atom is -0.386 e. The first-order valence-electron chi connectivity index (χ1n) is 3.80. The van der Waals surface area contributed by atoms with E-state index in [4.69, 9.17) is 5.11 Å². The van der Waals surface area contributed by atoms with Gasteiger partial charge in [0.05, 0.1) is 6.42 Å². The number of hydrogen-bond donors (Lipinski definition) is 1. The van der Waals surface area contributed by atoms with Crippen LogP contribution in [-0.4, -0.2) is 28.0 Å². The summed E-state index contributed by atoms with van der Waals surface area (Å²) in [5.41, 5.74) is 0. The Morgan fingerprint density at radius 1 is 1.67 bits per heavy atom. The van der Waals surface area contributed by atoms with Crippen molar-refractivity contribution in [3.63, 3.8) is 0 Å². The van der Waals surface area contributed by atoms with E-state index in [0.29, 0.717) is 6.42 Å². The molecule has 2 unspecified atom stereocenters. The maximum absolute atomic E-state index is 10.6. The summed E-state index contributed by atoms with van der Waals surface area (Å²) < 4.78 is 0. The van der Waals surface area contributed by atoms with E-state index in [9.17, 15) is 14.9 Å². The number of carbonyl (C=O) groups excluding carboxylic acids is 1. The van der Waals surface area contributed by atoms with Crippen LogP contribution in [-0.2, 0) is 4.79 Å². The number of nitro groups is 1. The zero-order valence-electron chi connectivity index (χ0n) is 7.19. The molecule has 0 fully saturated rings. The molecule has 0 aromatic rings. The van der Waals surface area contributed by atoms with Crippen molar-refractivity contribution in [1.29, 1.82) is 0 Å². The van der Waals surface area contributed by atoms with Crippen LogP contribution in [0.5, 0.6) is 0 Å². The van der Waals surface area contributed by atoms with Gasteiger partial charge in [-0.05, 0) is 13.3 Å². The Morgan fingerprint density at radius 3 is 2.42 bits per heavy atom. The molecular weight excluding hydrogens is 162 g/mol. The zero-order valence-corrected chi connectivity index (χ0v) is 7.19. The average molecular weight is 175 g/mol. The Morgan fingerprint density at radius 2 is 2.17 bits per heavy atom. The third-order valence-corrected chi connectivity index (χ3v) is 1.63. The number of nitrogens with zero attached hydrogens (tertiary/aromatic N) is 1. The van der Waals surface area contributed by atoms with E-state index >= 15 is 0 Å². The lowest BCUT2D eigenvalue weighted by molar-refractivity contribution is -0.533. The lowest BCUT2D eigenvalue weighted by Crippen LogP contribution is -2.34. The van der Waals surface area contributed by atoms with Crippen LogP contribution in [0.4, 0.5) is 0 Å². The van der Waals surface area contributed by atoms with Crippen molar-refractivity contribution in [2.24, 2.45) is 0 Å². The molecule has 12 heavy (non-hydrogen) atoms. The van der Waals surface area contributed by atoms with E-state index in [1.54, 1.807) is 6.92 Å². The SMILES string of the molecule is CCC(O)C(CC(C)=O)[N+](=O)[O-]. The second-order valence-corrected chi connectivity index (χ2v) is 2.73. The summed E-state index contributed by atoms with van der Waals surface area (Å²) in [4.78, 5) is 20.3. The third kappa shape index (κ3) is 3.43. The minimum atomic E-state index is -1.15. The van der Waals surface area contributed by atoms with Crippen LogP contribution >= 0.6 is 0 Å². The molecule has 5 heteroatoms. The number of aliphatic hydroxyl groups excluding tert-OH is 1. The molecule has 0 aliphatic heterocycles. The van der Waals surface area contributed by atoms with Gasteiger partial charge >= 0.3 is 0 Å². The van der Waals surface area contributed by atoms with Gasteiger partial charge in [0, 0.05) is 4.92 Å². The van der Waals surface area contributed by atoms with Gasteiger partial charge in [-0.1, -0.05) is 6.92 Å². The van der Waals surface area contributed by atoms with Crippen molar-refractivity contribution < 1.29 is 14.8 Å². The van der Waals surface area contributed by atoms with Crippen molar-refractivity contribution in [2.75, 3.05) is 0 Å². The van der Waals surface area contributed by atoms with E-state index in [2.05, 4.69) is 0 Å². The molecule has 0 rings (SSSR count). The third-order valence-electron chi connectivity index (χ3n) is 1.63. The summed E-state index contributed by atoms with van der Waals surface area (Å²) >= 11 is 0. The first-order chi connectivity index (χ1) is 5.49. The molecule has 0 saturated carbocycles. The van der Waals surface area contributed by atoms with Crippen molar-refractivity contribution in [1.82, 2.24) is 0 Å². The molecular formula is C7H13NO4. The highest BCUT2D eigenvalue weighted by Gasteiger charge is 2.29. The topological polar surface area (TPSA) is 80.4 Å². The number of carbonyl (C=O) groups is 1. The van der Waals surface area contributed by atoms with E-state index in [-0.39, 0.29) is 12.2 Å². The molecule has 0 amide bonds. The Labute approximate surface area is 70.5 Å². The summed E-state index contributed by atoms with van der Waals surface area (Å²) in [5, 5.41) is 19.5. The predicted octanol–water partition coefficient (Wildman–Crippen LogP) is 0.382. The Hall–Kier alpha value is -0.970. The van der Waals surface area contributed by atoms with Gasteiger partial charge in [-0.15, -0.1) is 0 Å². The normalized spacial score (nSPS) is 15.2. The van der Waals surface area contributed by atoms with E-state index < -0.39 is 17.1 Å². The lowest BCUT2D eigenvalue weighted by Gasteiger charge is -2.12. The van der Waals surface area contributed by atoms with E-state index in [1.807, 2.05) is 0 Å². The van der Waals surface area contributed by atoms with E-state index in [0.717, 1.165) is 0 Å². The van der Waals surface area contributed by atoms with Gasteiger partial charge in [-0.25, -0.2) is 0 Å². The summed E-state index contributed by atoms with van der Waals surface area (Å²) in [5.74, 6) is -0.274. The molecule has 0 bridgehead atoms. The number of rotatable bonds is 5. The Kier molecular flexibility index (Phi) is 4.43. The Balaban J connectivity index is 4.22. The largest absolute Gasteiger partial charge is 0.386 e. The first-order valence-corrected chi connectivity index (χ1v) is 3.80. The van der Waals surface area contributed by atoms with Crippen LogP contribution in [0.2, 0.25) is 0 Å². The number of aliphatic hydroxyl groups is 1. The van der Waals surface area contributed by atoms with Crippen molar-refractivity contribution in [3.05, 3.63) is 10.1 Å². The van der Waals surface area contributed by atoms with Crippen LogP contribution in [0.25, 0.3) is 0 Å². The van der Waals surface area contributed by atoms with Gasteiger partial charge < -0.3 is 5.11 Å². The second-order valence-electron chi connectivity index (χ2n) is 2.73. The van der Waals surface area contributed by atoms with Crippen LogP contribution in [0.3, 0.4) is 0 Å². The first kappa shape index (κ1) is 11.0. The van der Waals surface area contributed by atoms with Gasteiger partial charge in [0.15, 0.2) is 0 Å². The Bertz CT molecular complexity index is 180. The summed E-state index contributed by atoms with van der Waals surface area (Å²) in [6.45, 7) is 2.92. The highest BCUT2D eigenvalue weighted by molar-refractivity contribution is 5.76. The van der Waals surface area contributed by atoms with Gasteiger partial charge in [0.2, 0.25) is 6.04 Å². The fraction of sp³-hybridized carbons (Fsp3) is 0.857. The highest BCUT2D eigenvalue weighted by atomic mass is 16.6. The quantitative estimate of drug-likeness (QED) is 0.484. The average Bonchev–Trinajstić information content (AvgIpc) is 1.98. The molecule has 0 saturated heterocycles. The van der Waals surface area contributed by atoms with Gasteiger partial charge in [0.1, 0.15) is 11.9 Å². The summed E-state index contributed by atoms with van der Waals surface area (Å²) in [7, 11) is 0. The standard InChI is InChI=1S/C7H13NO4/c1-3-7(10)6(8(11)12)4-5(2)9/h6-7,10H,3-4H2,1-2H3. The van der Waals surface area contributed by atoms with Gasteiger partial charge in [0.25, 0.3) is 0 Å². The maximum Gasteiger partial charge on any atom is 0.245 e. The monoisotopic (exact) mass is 175 g/mol. The molecule has 0 radical (unpaired) electrons. The molecule has 0 aliphatic carbocycles. The predicted molar refractivity (Wildman–Crippen MR) is 42.4 cm³/mol. The number of ketones is 1. The summed E-state index contributed by atoms with van der Waals surface area (Å²) in [6, 6.07) is -1.15. The molecule has 0 aromatic heterocycles. The molecule has 1 N–H and O–H groups in total. The molecule has 5 nitrogen and oxygen atoms in total. The zero-order chi connectivity index (χ0) is 9.72. The van der Waals surface area contributed by atoms with E-state index in [1.165, 1.54) is 6.92 Å². The lowest BCUT2D eigenvalue weighted by atomic mass is 10.0. The van der Waals surface area contributed by atoms with Crippen LogP contribution in [0.15, 0.2) is 0 Å². The van der Waals surface area contributed by atoms with Gasteiger partial charge in [-0.3, -0.25) is 14.9 Å². The smallest absolute Gasteiger partial charge is 0.245 e.